The summed E-state index contributed by atoms with van der Waals surface area (Å²) in [6, 6.07) is 8.37. The Hall–Kier alpha value is -1.63. The quantitative estimate of drug-likeness (QED) is 0.752. The molecule has 94 valence electrons. The minimum absolute atomic E-state index is 0.0953. The second kappa shape index (κ2) is 4.93. The molecule has 0 amide bonds. The number of allylic oxidation sites excluding steroid dienone is 3. The van der Waals surface area contributed by atoms with Gasteiger partial charge in [0.15, 0.2) is 5.78 Å². The highest BCUT2D eigenvalue weighted by atomic mass is 16.1. The van der Waals surface area contributed by atoms with E-state index in [1.54, 1.807) is 6.08 Å². The molecule has 0 bridgehead atoms. The van der Waals surface area contributed by atoms with Crippen molar-refractivity contribution in [1.29, 1.82) is 0 Å². The zero-order valence-electron chi connectivity index (χ0n) is 11.4. The van der Waals surface area contributed by atoms with E-state index in [-0.39, 0.29) is 11.2 Å². The van der Waals surface area contributed by atoms with E-state index in [1.165, 1.54) is 11.1 Å². The van der Waals surface area contributed by atoms with Crippen LogP contribution in [0.3, 0.4) is 0 Å². The standard InChI is InChI=1S/C17H20O/c1-13-5-4-6-14(9-13)7-8-15-10-16(18)12-17(2,3)11-15/h4-10H,11-12H2,1-3H3. The van der Waals surface area contributed by atoms with Crippen LogP contribution >= 0.6 is 0 Å². The largest absolute Gasteiger partial charge is 0.295 e. The van der Waals surface area contributed by atoms with Crippen molar-refractivity contribution in [3.8, 4) is 0 Å². The molecule has 0 atom stereocenters. The Morgan fingerprint density at radius 3 is 2.61 bits per heavy atom. The van der Waals surface area contributed by atoms with Gasteiger partial charge >= 0.3 is 0 Å². The van der Waals surface area contributed by atoms with E-state index < -0.39 is 0 Å². The molecular weight excluding hydrogens is 220 g/mol. The molecule has 1 nitrogen and oxygen atoms in total. The summed E-state index contributed by atoms with van der Waals surface area (Å²) in [5, 5.41) is 0. The lowest BCUT2D eigenvalue weighted by Crippen LogP contribution is -2.21. The van der Waals surface area contributed by atoms with Gasteiger partial charge in [-0.25, -0.2) is 0 Å². The van der Waals surface area contributed by atoms with Gasteiger partial charge in [-0.2, -0.15) is 0 Å². The summed E-state index contributed by atoms with van der Waals surface area (Å²) in [4.78, 5) is 11.6. The van der Waals surface area contributed by atoms with E-state index in [0.717, 1.165) is 12.0 Å². The molecule has 0 radical (unpaired) electrons. The van der Waals surface area contributed by atoms with Crippen LogP contribution in [0.2, 0.25) is 0 Å². The molecule has 1 aromatic rings. The molecule has 1 aromatic carbocycles. The minimum atomic E-state index is 0.0953. The van der Waals surface area contributed by atoms with E-state index in [0.29, 0.717) is 6.42 Å². The van der Waals surface area contributed by atoms with E-state index in [2.05, 4.69) is 57.2 Å². The third-order valence-electron chi connectivity index (χ3n) is 3.21. The van der Waals surface area contributed by atoms with Crippen molar-refractivity contribution in [3.63, 3.8) is 0 Å². The van der Waals surface area contributed by atoms with Gasteiger partial charge in [0, 0.05) is 6.42 Å². The number of benzene rings is 1. The summed E-state index contributed by atoms with van der Waals surface area (Å²) in [5.74, 6) is 0.246. The molecule has 0 fully saturated rings. The second-order valence-electron chi connectivity index (χ2n) is 5.95. The lowest BCUT2D eigenvalue weighted by atomic mass is 9.77. The third kappa shape index (κ3) is 3.43. The summed E-state index contributed by atoms with van der Waals surface area (Å²) in [6.45, 7) is 6.39. The predicted octanol–water partition coefficient (Wildman–Crippen LogP) is 4.32. The first-order valence-corrected chi connectivity index (χ1v) is 6.43. The molecule has 0 saturated heterocycles. The van der Waals surface area contributed by atoms with Crippen LogP contribution in [0.5, 0.6) is 0 Å². The van der Waals surface area contributed by atoms with Gasteiger partial charge in [-0.05, 0) is 36.0 Å². The summed E-state index contributed by atoms with van der Waals surface area (Å²) < 4.78 is 0. The minimum Gasteiger partial charge on any atom is -0.295 e. The van der Waals surface area contributed by atoms with Crippen LogP contribution in [0.4, 0.5) is 0 Å². The first kappa shape index (κ1) is 12.8. The van der Waals surface area contributed by atoms with Gasteiger partial charge < -0.3 is 0 Å². The van der Waals surface area contributed by atoms with Crippen molar-refractivity contribution in [2.75, 3.05) is 0 Å². The predicted molar refractivity (Wildman–Crippen MR) is 76.3 cm³/mol. The van der Waals surface area contributed by atoms with Gasteiger partial charge in [0.2, 0.25) is 0 Å². The Kier molecular flexibility index (Phi) is 3.51. The zero-order valence-corrected chi connectivity index (χ0v) is 11.4. The summed E-state index contributed by atoms with van der Waals surface area (Å²) in [5.41, 5.74) is 3.67. The Morgan fingerprint density at radius 1 is 1.17 bits per heavy atom. The van der Waals surface area contributed by atoms with Crippen molar-refractivity contribution in [3.05, 3.63) is 53.1 Å². The Morgan fingerprint density at radius 2 is 1.94 bits per heavy atom. The van der Waals surface area contributed by atoms with Crippen LogP contribution in [0.1, 0.15) is 37.8 Å². The van der Waals surface area contributed by atoms with E-state index in [9.17, 15) is 4.79 Å². The highest BCUT2D eigenvalue weighted by molar-refractivity contribution is 5.92. The SMILES string of the molecule is Cc1cccc(C=CC2=CC(=O)CC(C)(C)C2)c1. The number of hydrogen-bond donors (Lipinski definition) is 0. The Labute approximate surface area is 109 Å². The molecule has 1 heteroatoms. The first-order valence-electron chi connectivity index (χ1n) is 6.43. The monoisotopic (exact) mass is 240 g/mol. The summed E-state index contributed by atoms with van der Waals surface area (Å²) in [6.07, 6.45) is 7.59. The van der Waals surface area contributed by atoms with Crippen molar-refractivity contribution in [2.45, 2.75) is 33.6 Å². The average Bonchev–Trinajstić information content (AvgIpc) is 2.24. The van der Waals surface area contributed by atoms with Crippen LogP contribution in [0, 0.1) is 12.3 Å². The highest BCUT2D eigenvalue weighted by Crippen LogP contribution is 2.34. The van der Waals surface area contributed by atoms with Gasteiger partial charge in [-0.3, -0.25) is 4.79 Å². The number of aryl methyl sites for hydroxylation is 1. The number of carbonyl (C=O) groups is 1. The molecule has 1 aliphatic carbocycles. The smallest absolute Gasteiger partial charge is 0.156 e. The normalized spacial score (nSPS) is 19.1. The first-order chi connectivity index (χ1) is 8.44. The van der Waals surface area contributed by atoms with Crippen LogP contribution in [0.25, 0.3) is 6.08 Å². The van der Waals surface area contributed by atoms with Crippen molar-refractivity contribution >= 4 is 11.9 Å². The fraction of sp³-hybridized carbons (Fsp3) is 0.353. The maximum absolute atomic E-state index is 11.6. The van der Waals surface area contributed by atoms with Gasteiger partial charge in [0.05, 0.1) is 0 Å². The van der Waals surface area contributed by atoms with E-state index in [1.807, 2.05) is 0 Å². The molecule has 0 unspecified atom stereocenters. The van der Waals surface area contributed by atoms with Crippen LogP contribution < -0.4 is 0 Å². The van der Waals surface area contributed by atoms with E-state index in [4.69, 9.17) is 0 Å². The zero-order chi connectivity index (χ0) is 13.2. The molecule has 0 spiro atoms. The topological polar surface area (TPSA) is 17.1 Å². The lowest BCUT2D eigenvalue weighted by Gasteiger charge is -2.27. The molecule has 1 aliphatic rings. The molecule has 0 heterocycles. The van der Waals surface area contributed by atoms with Gasteiger partial charge in [-0.15, -0.1) is 0 Å². The van der Waals surface area contributed by atoms with Crippen molar-refractivity contribution < 1.29 is 4.79 Å². The number of hydrogen-bond acceptors (Lipinski definition) is 1. The molecule has 2 rings (SSSR count). The fourth-order valence-electron chi connectivity index (χ4n) is 2.48. The number of ketones is 1. The number of carbonyl (C=O) groups excluding carboxylic acids is 1. The van der Waals surface area contributed by atoms with Crippen LogP contribution in [-0.2, 0) is 4.79 Å². The summed E-state index contributed by atoms with van der Waals surface area (Å²) in [7, 11) is 0. The van der Waals surface area contributed by atoms with E-state index >= 15 is 0 Å². The van der Waals surface area contributed by atoms with Gasteiger partial charge in [-0.1, -0.05) is 55.8 Å². The molecule has 0 aliphatic heterocycles. The molecule has 18 heavy (non-hydrogen) atoms. The fourth-order valence-corrected chi connectivity index (χ4v) is 2.48. The molecule has 0 aromatic heterocycles. The second-order valence-corrected chi connectivity index (χ2v) is 5.95. The Bertz CT molecular complexity index is 518. The summed E-state index contributed by atoms with van der Waals surface area (Å²) >= 11 is 0. The highest BCUT2D eigenvalue weighted by Gasteiger charge is 2.26. The van der Waals surface area contributed by atoms with Crippen LogP contribution in [0.15, 0.2) is 42.0 Å². The Balaban J connectivity index is 2.16. The average molecular weight is 240 g/mol. The van der Waals surface area contributed by atoms with Crippen molar-refractivity contribution in [2.24, 2.45) is 5.41 Å². The molecule has 0 N–H and O–H groups in total. The molecule has 0 saturated carbocycles. The maximum Gasteiger partial charge on any atom is 0.156 e. The van der Waals surface area contributed by atoms with Crippen LogP contribution in [-0.4, -0.2) is 5.78 Å². The number of rotatable bonds is 2. The van der Waals surface area contributed by atoms with Crippen molar-refractivity contribution in [1.82, 2.24) is 0 Å². The molecular formula is C17H20O. The van der Waals surface area contributed by atoms with Gasteiger partial charge in [0.1, 0.15) is 0 Å². The maximum atomic E-state index is 11.6. The third-order valence-corrected chi connectivity index (χ3v) is 3.21. The lowest BCUT2D eigenvalue weighted by molar-refractivity contribution is -0.116. The van der Waals surface area contributed by atoms with Gasteiger partial charge in [0.25, 0.3) is 0 Å².